The van der Waals surface area contributed by atoms with Gasteiger partial charge in [-0.3, -0.25) is 10.2 Å². The number of nitrogens with one attached hydrogen (secondary N) is 2. The number of halogens is 2. The summed E-state index contributed by atoms with van der Waals surface area (Å²) in [6, 6.07) is 11.4. The Morgan fingerprint density at radius 2 is 1.98 bits per heavy atom. The zero-order valence-corrected chi connectivity index (χ0v) is 23.7. The standard InChI is InChI=1S/C29H32F2N6O5/c1-29(2,3)24-13-26(36-42-24)35-28(38)34-17-6-5-7-18(10-17)41-27-20-11-23(22(39-4)12-21(20)32-16-33-27)40-19-8-9-37(14-19)15-25(30)31/h5-7,10-13,16,19,25H,8-9,14-15H2,1-4H3,(H2,34,35,36,38). The van der Waals surface area contributed by atoms with Crippen LogP contribution in [0, 0.1) is 0 Å². The van der Waals surface area contributed by atoms with Crippen LogP contribution in [-0.2, 0) is 5.41 Å². The number of fused-ring (bicyclic) bond motifs is 1. The molecule has 1 unspecified atom stereocenters. The van der Waals surface area contributed by atoms with Crippen LogP contribution in [0.2, 0.25) is 0 Å². The molecule has 2 amide bonds. The maximum absolute atomic E-state index is 12.8. The molecule has 1 fully saturated rings. The SMILES string of the molecule is COc1cc2ncnc(Oc3cccc(NC(=O)Nc4cc(C(C)(C)C)on4)c3)c2cc1OC1CCN(CC(F)F)C1. The maximum atomic E-state index is 12.8. The van der Waals surface area contributed by atoms with E-state index in [-0.39, 0.29) is 23.9 Å². The molecule has 4 aromatic rings. The van der Waals surface area contributed by atoms with E-state index in [1.807, 2.05) is 20.8 Å². The van der Waals surface area contributed by atoms with Gasteiger partial charge in [0.1, 0.15) is 23.9 Å². The smallest absolute Gasteiger partial charge is 0.324 e. The topological polar surface area (TPSA) is 124 Å². The summed E-state index contributed by atoms with van der Waals surface area (Å²) in [6.07, 6.45) is -0.676. The number of carbonyl (C=O) groups excluding carboxylic acids is 1. The van der Waals surface area contributed by atoms with Gasteiger partial charge in [-0.15, -0.1) is 0 Å². The summed E-state index contributed by atoms with van der Waals surface area (Å²) in [5, 5.41) is 9.86. The summed E-state index contributed by atoms with van der Waals surface area (Å²) >= 11 is 0. The first-order valence-corrected chi connectivity index (χ1v) is 13.4. The molecule has 0 radical (unpaired) electrons. The molecule has 0 spiro atoms. The van der Waals surface area contributed by atoms with Crippen molar-refractivity contribution in [3.63, 3.8) is 0 Å². The molecule has 13 heteroatoms. The number of ether oxygens (including phenoxy) is 3. The van der Waals surface area contributed by atoms with Crippen molar-refractivity contribution in [1.82, 2.24) is 20.0 Å². The van der Waals surface area contributed by atoms with Crippen LogP contribution in [0.4, 0.5) is 25.1 Å². The molecule has 0 bridgehead atoms. The molecule has 1 aliphatic heterocycles. The molecule has 11 nitrogen and oxygen atoms in total. The highest BCUT2D eigenvalue weighted by molar-refractivity contribution is 5.99. The summed E-state index contributed by atoms with van der Waals surface area (Å²) in [5.74, 6) is 2.51. The number of anilines is 2. The van der Waals surface area contributed by atoms with E-state index in [1.54, 1.807) is 47.4 Å². The Morgan fingerprint density at radius 3 is 2.71 bits per heavy atom. The minimum Gasteiger partial charge on any atom is -0.493 e. The Hall–Kier alpha value is -4.52. The predicted molar refractivity (Wildman–Crippen MR) is 152 cm³/mol. The molecule has 1 aliphatic rings. The number of carbonyl (C=O) groups is 1. The molecule has 42 heavy (non-hydrogen) atoms. The largest absolute Gasteiger partial charge is 0.493 e. The fourth-order valence-corrected chi connectivity index (χ4v) is 4.52. The Kier molecular flexibility index (Phi) is 8.39. The number of benzene rings is 2. The lowest BCUT2D eigenvalue weighted by Crippen LogP contribution is -2.29. The van der Waals surface area contributed by atoms with Gasteiger partial charge in [-0.05, 0) is 24.6 Å². The fraction of sp³-hybridized carbons (Fsp3) is 0.379. The molecule has 2 N–H and O–H groups in total. The Balaban J connectivity index is 1.30. The van der Waals surface area contributed by atoms with Gasteiger partial charge in [0.05, 0.1) is 24.6 Å². The minimum absolute atomic E-state index is 0.244. The van der Waals surface area contributed by atoms with Crippen LogP contribution in [0.1, 0.15) is 33.0 Å². The zero-order chi connectivity index (χ0) is 29.9. The molecular formula is C29H32F2N6O5. The van der Waals surface area contributed by atoms with Crippen molar-refractivity contribution >= 4 is 28.4 Å². The number of hydrogen-bond donors (Lipinski definition) is 2. The van der Waals surface area contributed by atoms with Crippen LogP contribution >= 0.6 is 0 Å². The monoisotopic (exact) mass is 582 g/mol. The molecule has 2 aromatic carbocycles. The first-order chi connectivity index (χ1) is 20.1. The number of likely N-dealkylation sites (tertiary alicyclic amines) is 1. The molecule has 0 saturated carbocycles. The van der Waals surface area contributed by atoms with Gasteiger partial charge in [0.2, 0.25) is 5.88 Å². The van der Waals surface area contributed by atoms with Gasteiger partial charge in [-0.25, -0.2) is 23.5 Å². The zero-order valence-electron chi connectivity index (χ0n) is 23.7. The van der Waals surface area contributed by atoms with Gasteiger partial charge in [-0.2, -0.15) is 0 Å². The van der Waals surface area contributed by atoms with Crippen LogP contribution < -0.4 is 24.8 Å². The second kappa shape index (κ2) is 12.1. The first-order valence-electron chi connectivity index (χ1n) is 13.4. The number of aromatic nitrogens is 3. The van der Waals surface area contributed by atoms with Crippen LogP contribution in [0.3, 0.4) is 0 Å². The number of hydrogen-bond acceptors (Lipinski definition) is 9. The Morgan fingerprint density at radius 1 is 1.14 bits per heavy atom. The van der Waals surface area contributed by atoms with E-state index < -0.39 is 12.5 Å². The van der Waals surface area contributed by atoms with Crippen molar-refractivity contribution in [3.05, 3.63) is 54.6 Å². The van der Waals surface area contributed by atoms with Gasteiger partial charge < -0.3 is 24.1 Å². The lowest BCUT2D eigenvalue weighted by atomic mass is 9.93. The molecule has 222 valence electrons. The highest BCUT2D eigenvalue weighted by Gasteiger charge is 2.27. The fourth-order valence-electron chi connectivity index (χ4n) is 4.52. The highest BCUT2D eigenvalue weighted by atomic mass is 19.3. The normalized spacial score (nSPS) is 15.6. The number of nitrogens with zero attached hydrogens (tertiary/aromatic N) is 4. The minimum atomic E-state index is -2.39. The van der Waals surface area contributed by atoms with Crippen molar-refractivity contribution in [2.75, 3.05) is 37.4 Å². The third kappa shape index (κ3) is 7.03. The number of rotatable bonds is 9. The van der Waals surface area contributed by atoms with E-state index in [4.69, 9.17) is 18.7 Å². The highest BCUT2D eigenvalue weighted by Crippen LogP contribution is 2.37. The van der Waals surface area contributed by atoms with Crippen LogP contribution in [-0.4, -0.2) is 65.3 Å². The first kappa shape index (κ1) is 29.0. The van der Waals surface area contributed by atoms with Gasteiger partial charge in [0.25, 0.3) is 6.43 Å². The third-order valence-electron chi connectivity index (χ3n) is 6.60. The van der Waals surface area contributed by atoms with Gasteiger partial charge >= 0.3 is 6.03 Å². The van der Waals surface area contributed by atoms with E-state index in [2.05, 4.69) is 25.8 Å². The molecule has 1 saturated heterocycles. The van der Waals surface area contributed by atoms with Gasteiger partial charge in [-0.1, -0.05) is 32.0 Å². The number of urea groups is 1. The van der Waals surface area contributed by atoms with Crippen molar-refractivity contribution in [2.45, 2.75) is 45.1 Å². The molecule has 2 aromatic heterocycles. The van der Waals surface area contributed by atoms with E-state index in [0.29, 0.717) is 64.9 Å². The quantitative estimate of drug-likeness (QED) is 0.242. The van der Waals surface area contributed by atoms with Crippen LogP contribution in [0.25, 0.3) is 10.9 Å². The second-order valence-corrected chi connectivity index (χ2v) is 10.9. The second-order valence-electron chi connectivity index (χ2n) is 10.9. The predicted octanol–water partition coefficient (Wildman–Crippen LogP) is 6.08. The Bertz CT molecular complexity index is 1560. The molecule has 5 rings (SSSR count). The van der Waals surface area contributed by atoms with Gasteiger partial charge in [0.15, 0.2) is 17.3 Å². The molecule has 0 aliphatic carbocycles. The number of amides is 2. The number of methoxy groups -OCH3 is 1. The third-order valence-corrected chi connectivity index (χ3v) is 6.60. The average Bonchev–Trinajstić information content (AvgIpc) is 3.58. The maximum Gasteiger partial charge on any atom is 0.324 e. The lowest BCUT2D eigenvalue weighted by molar-refractivity contribution is 0.0928. The van der Waals surface area contributed by atoms with E-state index in [1.165, 1.54) is 13.4 Å². The molecule has 1 atom stereocenters. The summed E-state index contributed by atoms with van der Waals surface area (Å²) < 4.78 is 48.7. The van der Waals surface area contributed by atoms with Crippen molar-refractivity contribution < 1.29 is 32.3 Å². The molecule has 3 heterocycles. The van der Waals surface area contributed by atoms with Crippen molar-refractivity contribution in [3.8, 4) is 23.1 Å². The van der Waals surface area contributed by atoms with E-state index in [0.717, 1.165) is 0 Å². The summed E-state index contributed by atoms with van der Waals surface area (Å²) in [6.45, 7) is 6.58. The van der Waals surface area contributed by atoms with Crippen molar-refractivity contribution in [2.24, 2.45) is 0 Å². The number of alkyl halides is 2. The van der Waals surface area contributed by atoms with Crippen molar-refractivity contribution in [1.29, 1.82) is 0 Å². The average molecular weight is 583 g/mol. The van der Waals surface area contributed by atoms with E-state index in [9.17, 15) is 13.6 Å². The van der Waals surface area contributed by atoms with Gasteiger partial charge in [0, 0.05) is 42.4 Å². The van der Waals surface area contributed by atoms with E-state index >= 15 is 0 Å². The van der Waals surface area contributed by atoms with Crippen LogP contribution in [0.5, 0.6) is 23.1 Å². The summed E-state index contributed by atoms with van der Waals surface area (Å²) in [5.41, 5.74) is 0.793. The molecular weight excluding hydrogens is 550 g/mol. The summed E-state index contributed by atoms with van der Waals surface area (Å²) in [7, 11) is 1.52. The van der Waals surface area contributed by atoms with Crippen LogP contribution in [0.15, 0.2) is 53.3 Å². The Labute approximate surface area is 241 Å². The lowest BCUT2D eigenvalue weighted by Gasteiger charge is -2.18. The summed E-state index contributed by atoms with van der Waals surface area (Å²) in [4.78, 5) is 22.9.